The third-order valence-corrected chi connectivity index (χ3v) is 4.39. The van der Waals surface area contributed by atoms with Gasteiger partial charge in [-0.15, -0.1) is 0 Å². The Bertz CT molecular complexity index is 453. The van der Waals surface area contributed by atoms with E-state index in [0.717, 1.165) is 24.4 Å². The summed E-state index contributed by atoms with van der Waals surface area (Å²) in [4.78, 5) is 2.52. The molecule has 3 N–H and O–H groups in total. The molecule has 0 aliphatic carbocycles. The molecule has 1 aliphatic heterocycles. The number of nitrogens with zero attached hydrogens (tertiary/aromatic N) is 1. The molecule has 1 unspecified atom stereocenters. The molecule has 1 aromatic rings. The van der Waals surface area contributed by atoms with E-state index in [9.17, 15) is 0 Å². The van der Waals surface area contributed by atoms with Gasteiger partial charge in [0.1, 0.15) is 5.75 Å². The number of benzene rings is 1. The van der Waals surface area contributed by atoms with Crippen molar-refractivity contribution in [1.29, 1.82) is 0 Å². The van der Waals surface area contributed by atoms with Gasteiger partial charge in [-0.05, 0) is 59.7 Å². The van der Waals surface area contributed by atoms with Crippen LogP contribution in [0, 0.1) is 0 Å². The first kappa shape index (κ1) is 16.3. The Balaban J connectivity index is 2.32. The molecule has 1 heterocycles. The van der Waals surface area contributed by atoms with E-state index in [-0.39, 0.29) is 17.7 Å². The lowest BCUT2D eigenvalue weighted by Gasteiger charge is -2.42. The average molecular weight is 291 g/mol. The lowest BCUT2D eigenvalue weighted by molar-refractivity contribution is 0.104. The van der Waals surface area contributed by atoms with E-state index in [4.69, 9.17) is 10.6 Å². The molecule has 0 bridgehead atoms. The van der Waals surface area contributed by atoms with Gasteiger partial charge in [0, 0.05) is 11.1 Å². The van der Waals surface area contributed by atoms with E-state index in [1.165, 1.54) is 12.8 Å². The molecule has 0 saturated carbocycles. The summed E-state index contributed by atoms with van der Waals surface area (Å²) >= 11 is 0. The molecule has 0 aromatic heterocycles. The molecule has 0 spiro atoms. The molecule has 118 valence electrons. The van der Waals surface area contributed by atoms with Gasteiger partial charge >= 0.3 is 0 Å². The molecule has 1 fully saturated rings. The van der Waals surface area contributed by atoms with Crippen molar-refractivity contribution in [3.8, 4) is 5.75 Å². The molecular formula is C17H29N3O. The standard InChI is InChI=1S/C17H29N3O/c1-13(2)21-15-10-6-5-9-14(15)16(19-18)17(3,4)20-11-7-8-12-20/h5-6,9-10,13,16,19H,7-8,11-12,18H2,1-4H3. The highest BCUT2D eigenvalue weighted by Gasteiger charge is 2.38. The van der Waals surface area contributed by atoms with Crippen molar-refractivity contribution in [2.75, 3.05) is 13.1 Å². The van der Waals surface area contributed by atoms with Crippen LogP contribution in [0.25, 0.3) is 0 Å². The predicted octanol–water partition coefficient (Wildman–Crippen LogP) is 2.85. The van der Waals surface area contributed by atoms with Gasteiger partial charge in [-0.1, -0.05) is 18.2 Å². The van der Waals surface area contributed by atoms with E-state index in [2.05, 4.69) is 30.2 Å². The zero-order valence-corrected chi connectivity index (χ0v) is 13.7. The van der Waals surface area contributed by atoms with Crippen molar-refractivity contribution in [3.63, 3.8) is 0 Å². The first-order chi connectivity index (χ1) is 9.96. The summed E-state index contributed by atoms with van der Waals surface area (Å²) in [7, 11) is 0. The minimum atomic E-state index is -0.0539. The third kappa shape index (κ3) is 3.57. The number of nitrogens with one attached hydrogen (secondary N) is 1. The van der Waals surface area contributed by atoms with Crippen molar-refractivity contribution < 1.29 is 4.74 Å². The van der Waals surface area contributed by atoms with Crippen LogP contribution in [0.2, 0.25) is 0 Å². The lowest BCUT2D eigenvalue weighted by Crippen LogP contribution is -2.53. The summed E-state index contributed by atoms with van der Waals surface area (Å²) in [5, 5.41) is 0. The summed E-state index contributed by atoms with van der Waals surface area (Å²) in [6.45, 7) is 10.9. The fourth-order valence-electron chi connectivity index (χ4n) is 3.23. The van der Waals surface area contributed by atoms with Crippen LogP contribution in [0.3, 0.4) is 0 Å². The lowest BCUT2D eigenvalue weighted by atomic mass is 9.87. The molecule has 21 heavy (non-hydrogen) atoms. The van der Waals surface area contributed by atoms with Crippen LogP contribution in [0.5, 0.6) is 5.75 Å². The van der Waals surface area contributed by atoms with Crippen LogP contribution in [0.4, 0.5) is 0 Å². The normalized spacial score (nSPS) is 18.2. The Kier molecular flexibility index (Phi) is 5.25. The highest BCUT2D eigenvalue weighted by atomic mass is 16.5. The van der Waals surface area contributed by atoms with E-state index in [1.807, 2.05) is 32.0 Å². The Morgan fingerprint density at radius 3 is 2.38 bits per heavy atom. The van der Waals surface area contributed by atoms with Gasteiger partial charge < -0.3 is 4.74 Å². The molecule has 1 aliphatic rings. The van der Waals surface area contributed by atoms with Crippen LogP contribution >= 0.6 is 0 Å². The minimum Gasteiger partial charge on any atom is -0.491 e. The van der Waals surface area contributed by atoms with Gasteiger partial charge in [-0.25, -0.2) is 0 Å². The molecule has 1 atom stereocenters. The van der Waals surface area contributed by atoms with Crippen LogP contribution in [0.1, 0.15) is 52.1 Å². The fraction of sp³-hybridized carbons (Fsp3) is 0.647. The summed E-state index contributed by atoms with van der Waals surface area (Å²) in [6.07, 6.45) is 2.69. The fourth-order valence-corrected chi connectivity index (χ4v) is 3.23. The molecule has 0 amide bonds. The van der Waals surface area contributed by atoms with Gasteiger partial charge in [-0.2, -0.15) is 0 Å². The highest BCUT2D eigenvalue weighted by molar-refractivity contribution is 5.38. The Morgan fingerprint density at radius 2 is 1.81 bits per heavy atom. The molecular weight excluding hydrogens is 262 g/mol. The van der Waals surface area contributed by atoms with E-state index in [0.29, 0.717) is 0 Å². The van der Waals surface area contributed by atoms with Crippen molar-refractivity contribution in [3.05, 3.63) is 29.8 Å². The van der Waals surface area contributed by atoms with Crippen molar-refractivity contribution in [2.45, 2.75) is 58.2 Å². The van der Waals surface area contributed by atoms with Crippen molar-refractivity contribution in [2.24, 2.45) is 5.84 Å². The van der Waals surface area contributed by atoms with Gasteiger partial charge in [0.15, 0.2) is 0 Å². The number of hydrogen-bond donors (Lipinski definition) is 2. The number of nitrogens with two attached hydrogens (primary N) is 1. The Hall–Kier alpha value is -1.10. The SMILES string of the molecule is CC(C)Oc1ccccc1C(NN)C(C)(C)N1CCCC1. The zero-order valence-electron chi connectivity index (χ0n) is 13.7. The van der Waals surface area contributed by atoms with Gasteiger partial charge in [0.2, 0.25) is 0 Å². The topological polar surface area (TPSA) is 50.5 Å². The zero-order chi connectivity index (χ0) is 15.5. The summed E-state index contributed by atoms with van der Waals surface area (Å²) in [6, 6.07) is 8.23. The van der Waals surface area contributed by atoms with Crippen LogP contribution in [-0.4, -0.2) is 29.6 Å². The number of ether oxygens (including phenoxy) is 1. The largest absolute Gasteiger partial charge is 0.491 e. The van der Waals surface area contributed by atoms with Gasteiger partial charge in [0.05, 0.1) is 12.1 Å². The maximum Gasteiger partial charge on any atom is 0.124 e. The monoisotopic (exact) mass is 291 g/mol. The molecule has 4 nitrogen and oxygen atoms in total. The average Bonchev–Trinajstić information content (AvgIpc) is 2.95. The smallest absolute Gasteiger partial charge is 0.124 e. The number of para-hydroxylation sites is 1. The van der Waals surface area contributed by atoms with Crippen LogP contribution in [-0.2, 0) is 0 Å². The summed E-state index contributed by atoms with van der Waals surface area (Å²) < 4.78 is 5.97. The van der Waals surface area contributed by atoms with E-state index in [1.54, 1.807) is 0 Å². The third-order valence-electron chi connectivity index (χ3n) is 4.39. The second-order valence-electron chi connectivity index (χ2n) is 6.65. The quantitative estimate of drug-likeness (QED) is 0.625. The van der Waals surface area contributed by atoms with Crippen molar-refractivity contribution >= 4 is 0 Å². The number of rotatable bonds is 6. The maximum atomic E-state index is 5.97. The van der Waals surface area contributed by atoms with E-state index >= 15 is 0 Å². The predicted molar refractivity (Wildman–Crippen MR) is 87.2 cm³/mol. The minimum absolute atomic E-state index is 0.0329. The maximum absolute atomic E-state index is 5.97. The Morgan fingerprint density at radius 1 is 1.19 bits per heavy atom. The molecule has 1 aromatic carbocycles. The number of hydrogen-bond acceptors (Lipinski definition) is 4. The molecule has 0 radical (unpaired) electrons. The first-order valence-corrected chi connectivity index (χ1v) is 7.93. The Labute approximate surface area is 128 Å². The van der Waals surface area contributed by atoms with Crippen molar-refractivity contribution in [1.82, 2.24) is 10.3 Å². The van der Waals surface area contributed by atoms with Gasteiger partial charge in [0.25, 0.3) is 0 Å². The van der Waals surface area contributed by atoms with Gasteiger partial charge in [-0.3, -0.25) is 16.2 Å². The second-order valence-corrected chi connectivity index (χ2v) is 6.65. The number of hydrazine groups is 1. The summed E-state index contributed by atoms with van der Waals surface area (Å²) in [5.74, 6) is 6.85. The second kappa shape index (κ2) is 6.77. The molecule has 2 rings (SSSR count). The van der Waals surface area contributed by atoms with Crippen LogP contribution in [0.15, 0.2) is 24.3 Å². The summed E-state index contributed by atoms with van der Waals surface area (Å²) in [5.41, 5.74) is 4.10. The first-order valence-electron chi connectivity index (χ1n) is 7.93. The molecule has 1 saturated heterocycles. The molecule has 4 heteroatoms. The van der Waals surface area contributed by atoms with Crippen LogP contribution < -0.4 is 16.0 Å². The number of likely N-dealkylation sites (tertiary alicyclic amines) is 1. The highest BCUT2D eigenvalue weighted by Crippen LogP contribution is 2.37. The van der Waals surface area contributed by atoms with E-state index < -0.39 is 0 Å².